The fourth-order valence-electron chi connectivity index (χ4n) is 5.40. The van der Waals surface area contributed by atoms with Crippen LogP contribution in [-0.2, 0) is 25.3 Å². The maximum atomic E-state index is 13.3. The van der Waals surface area contributed by atoms with Crippen LogP contribution in [0, 0.1) is 5.92 Å². The molecule has 36 heavy (non-hydrogen) atoms. The lowest BCUT2D eigenvalue weighted by Gasteiger charge is -2.25. The van der Waals surface area contributed by atoms with Crippen molar-refractivity contribution in [3.63, 3.8) is 0 Å². The van der Waals surface area contributed by atoms with Crippen LogP contribution >= 0.6 is 0 Å². The monoisotopic (exact) mass is 514 g/mol. The Morgan fingerprint density at radius 2 is 1.64 bits per heavy atom. The number of carboxylic acid groups (broad SMARTS) is 1. The van der Waals surface area contributed by atoms with E-state index >= 15 is 0 Å². The summed E-state index contributed by atoms with van der Waals surface area (Å²) in [5.41, 5.74) is 0.618. The van der Waals surface area contributed by atoms with Crippen molar-refractivity contribution in [3.05, 3.63) is 63.7 Å². The van der Waals surface area contributed by atoms with E-state index in [9.17, 15) is 36.2 Å². The van der Waals surface area contributed by atoms with Gasteiger partial charge in [-0.1, -0.05) is 19.9 Å². The molecule has 196 valence electrons. The number of hydrogen-bond donors (Lipinski definition) is 2. The SMILES string of the molecule is CC(C)C1CCc2cc3c(cc21)C(NCc1cc(C(F)(F)F)cc(C(F)(F)F)c1)CCCN3C(=O)O. The molecule has 0 aromatic heterocycles. The molecular weight excluding hydrogens is 486 g/mol. The normalized spacial score (nSPS) is 20.3. The van der Waals surface area contributed by atoms with E-state index in [1.807, 2.05) is 12.1 Å². The van der Waals surface area contributed by atoms with Crippen LogP contribution in [-0.4, -0.2) is 17.7 Å². The molecule has 10 heteroatoms. The highest BCUT2D eigenvalue weighted by molar-refractivity contribution is 5.88. The minimum absolute atomic E-state index is 0.116. The lowest BCUT2D eigenvalue weighted by atomic mass is 9.87. The van der Waals surface area contributed by atoms with E-state index in [0.717, 1.165) is 36.1 Å². The topological polar surface area (TPSA) is 52.6 Å². The molecule has 2 atom stereocenters. The van der Waals surface area contributed by atoms with Crippen molar-refractivity contribution >= 4 is 11.8 Å². The predicted molar refractivity (Wildman–Crippen MR) is 123 cm³/mol. The average Bonchev–Trinajstić information content (AvgIpc) is 3.10. The van der Waals surface area contributed by atoms with Crippen molar-refractivity contribution in [1.29, 1.82) is 0 Å². The molecule has 2 aliphatic rings. The van der Waals surface area contributed by atoms with Gasteiger partial charge in [0.1, 0.15) is 0 Å². The Balaban J connectivity index is 1.70. The Hall–Kier alpha value is -2.75. The van der Waals surface area contributed by atoms with Crippen molar-refractivity contribution in [2.24, 2.45) is 5.92 Å². The number of hydrogen-bond acceptors (Lipinski definition) is 2. The predicted octanol–water partition coefficient (Wildman–Crippen LogP) is 7.52. The number of benzene rings is 2. The summed E-state index contributed by atoms with van der Waals surface area (Å²) in [5.74, 6) is 0.688. The number of fused-ring (bicyclic) bond motifs is 2. The molecule has 4 nitrogen and oxygen atoms in total. The average molecular weight is 515 g/mol. The van der Waals surface area contributed by atoms with Crippen LogP contribution in [0.25, 0.3) is 0 Å². The lowest BCUT2D eigenvalue weighted by molar-refractivity contribution is -0.143. The van der Waals surface area contributed by atoms with Gasteiger partial charge >= 0.3 is 18.4 Å². The third-order valence-corrected chi connectivity index (χ3v) is 7.19. The Bertz CT molecular complexity index is 1110. The fourth-order valence-corrected chi connectivity index (χ4v) is 5.40. The number of aryl methyl sites for hydroxylation is 1. The van der Waals surface area contributed by atoms with Gasteiger partial charge in [-0.25, -0.2) is 4.79 Å². The van der Waals surface area contributed by atoms with E-state index in [1.54, 1.807) is 0 Å². The summed E-state index contributed by atoms with van der Waals surface area (Å²) in [7, 11) is 0. The van der Waals surface area contributed by atoms with Gasteiger partial charge in [0, 0.05) is 19.1 Å². The van der Waals surface area contributed by atoms with Gasteiger partial charge in [-0.2, -0.15) is 26.3 Å². The summed E-state index contributed by atoms with van der Waals surface area (Å²) in [6.07, 6.45) is -8.16. The number of anilines is 1. The molecule has 2 N–H and O–H groups in total. The molecule has 4 rings (SSSR count). The summed E-state index contributed by atoms with van der Waals surface area (Å²) in [6, 6.07) is 5.03. The Labute approximate surface area is 205 Å². The fraction of sp³-hybridized carbons (Fsp3) is 0.500. The van der Waals surface area contributed by atoms with Gasteiger partial charge in [0.15, 0.2) is 0 Å². The third-order valence-electron chi connectivity index (χ3n) is 7.19. The smallest absolute Gasteiger partial charge is 0.416 e. The van der Waals surface area contributed by atoms with Crippen molar-refractivity contribution in [1.82, 2.24) is 5.32 Å². The number of amides is 1. The second kappa shape index (κ2) is 9.61. The van der Waals surface area contributed by atoms with E-state index in [4.69, 9.17) is 0 Å². The zero-order chi connectivity index (χ0) is 26.4. The minimum Gasteiger partial charge on any atom is -0.465 e. The molecule has 1 aliphatic carbocycles. The highest BCUT2D eigenvalue weighted by Crippen LogP contribution is 2.44. The van der Waals surface area contributed by atoms with Crippen molar-refractivity contribution < 1.29 is 36.2 Å². The molecule has 0 saturated carbocycles. The van der Waals surface area contributed by atoms with Crippen LogP contribution in [0.15, 0.2) is 30.3 Å². The molecule has 0 fully saturated rings. The number of carbonyl (C=O) groups is 1. The van der Waals surface area contributed by atoms with E-state index in [-0.39, 0.29) is 24.7 Å². The van der Waals surface area contributed by atoms with Gasteiger partial charge < -0.3 is 10.4 Å². The van der Waals surface area contributed by atoms with Gasteiger partial charge in [0.2, 0.25) is 0 Å². The Morgan fingerprint density at radius 1 is 1.00 bits per heavy atom. The summed E-state index contributed by atoms with van der Waals surface area (Å²) in [6.45, 7) is 4.27. The van der Waals surface area contributed by atoms with Gasteiger partial charge in [0.05, 0.1) is 16.8 Å². The molecular formula is C26H28F6N2O2. The Kier molecular flexibility index (Phi) is 7.02. The van der Waals surface area contributed by atoms with Gasteiger partial charge in [-0.3, -0.25) is 4.90 Å². The lowest BCUT2D eigenvalue weighted by Crippen LogP contribution is -2.30. The third kappa shape index (κ3) is 5.33. The summed E-state index contributed by atoms with van der Waals surface area (Å²) >= 11 is 0. The van der Waals surface area contributed by atoms with Crippen molar-refractivity contribution in [3.8, 4) is 0 Å². The summed E-state index contributed by atoms with van der Waals surface area (Å²) in [4.78, 5) is 13.3. The molecule has 2 unspecified atom stereocenters. The van der Waals surface area contributed by atoms with Gasteiger partial charge in [-0.05, 0) is 84.0 Å². The van der Waals surface area contributed by atoms with Crippen LogP contribution in [0.2, 0.25) is 0 Å². The molecule has 2 aromatic carbocycles. The van der Waals surface area contributed by atoms with Crippen LogP contribution in [0.5, 0.6) is 0 Å². The van der Waals surface area contributed by atoms with Crippen LogP contribution in [0.4, 0.5) is 36.8 Å². The quantitative estimate of drug-likeness (QED) is 0.415. The minimum atomic E-state index is -4.92. The van der Waals surface area contributed by atoms with Gasteiger partial charge in [-0.15, -0.1) is 0 Å². The van der Waals surface area contributed by atoms with Crippen LogP contribution in [0.3, 0.4) is 0 Å². The molecule has 0 radical (unpaired) electrons. The molecule has 0 bridgehead atoms. The Morgan fingerprint density at radius 3 is 2.19 bits per heavy atom. The van der Waals surface area contributed by atoms with E-state index in [2.05, 4.69) is 19.2 Å². The molecule has 2 aromatic rings. The van der Waals surface area contributed by atoms with Crippen molar-refractivity contribution in [2.75, 3.05) is 11.4 Å². The summed E-state index contributed by atoms with van der Waals surface area (Å²) in [5, 5.41) is 12.9. The second-order valence-electron chi connectivity index (χ2n) is 9.92. The number of rotatable bonds is 4. The zero-order valence-electron chi connectivity index (χ0n) is 19.9. The van der Waals surface area contributed by atoms with E-state index in [1.165, 1.54) is 4.90 Å². The van der Waals surface area contributed by atoms with Crippen LogP contribution < -0.4 is 10.2 Å². The molecule has 0 spiro atoms. The summed E-state index contributed by atoms with van der Waals surface area (Å²) < 4.78 is 79.7. The standard InChI is InChI=1S/C26H28F6N2O2/c1-14(2)19-6-5-16-10-23-21(12-20(16)19)22(4-3-7-34(23)24(35)36)33-13-15-8-17(25(27,28)29)11-18(9-15)26(30,31)32/h8-12,14,19,22,33H,3-7,13H2,1-2H3,(H,35,36). The molecule has 1 heterocycles. The van der Waals surface area contributed by atoms with E-state index in [0.29, 0.717) is 35.9 Å². The maximum Gasteiger partial charge on any atom is 0.416 e. The first-order valence-electron chi connectivity index (χ1n) is 11.9. The number of alkyl halides is 6. The number of halogens is 6. The molecule has 1 aliphatic heterocycles. The second-order valence-corrected chi connectivity index (χ2v) is 9.92. The first kappa shape index (κ1) is 26.3. The molecule has 1 amide bonds. The van der Waals surface area contributed by atoms with Gasteiger partial charge in [0.25, 0.3) is 0 Å². The van der Waals surface area contributed by atoms with E-state index < -0.39 is 35.6 Å². The largest absolute Gasteiger partial charge is 0.465 e. The highest BCUT2D eigenvalue weighted by atomic mass is 19.4. The highest BCUT2D eigenvalue weighted by Gasteiger charge is 2.37. The van der Waals surface area contributed by atoms with Crippen molar-refractivity contribution in [2.45, 2.75) is 70.4 Å². The zero-order valence-corrected chi connectivity index (χ0v) is 19.9. The number of nitrogens with one attached hydrogen (secondary N) is 1. The van der Waals surface area contributed by atoms with Crippen LogP contribution in [0.1, 0.15) is 78.5 Å². The first-order chi connectivity index (χ1) is 16.8. The first-order valence-corrected chi connectivity index (χ1v) is 11.9. The number of nitrogens with zero attached hydrogens (tertiary/aromatic N) is 1. The maximum absolute atomic E-state index is 13.3. The molecule has 0 saturated heterocycles.